The third-order valence-corrected chi connectivity index (χ3v) is 13.5. The topological polar surface area (TPSA) is 96.3 Å². The Morgan fingerprint density at radius 1 is 0.875 bits per heavy atom. The average molecular weight is 772 g/mol. The van der Waals surface area contributed by atoms with Crippen molar-refractivity contribution in [1.29, 1.82) is 0 Å². The molecule has 1 heterocycles. The Balaban J connectivity index is 1.28. The number of benzene rings is 4. The van der Waals surface area contributed by atoms with E-state index in [1.54, 1.807) is 14.2 Å². The van der Waals surface area contributed by atoms with Crippen LogP contribution in [0.4, 0.5) is 0 Å². The number of hydrogen-bond donors (Lipinski definition) is 2. The third kappa shape index (κ3) is 8.20. The van der Waals surface area contributed by atoms with Gasteiger partial charge < -0.3 is 24.6 Å². The number of aliphatic hydroxyl groups excluding tert-OH is 1. The molecule has 0 aliphatic heterocycles. The maximum absolute atomic E-state index is 14.7. The molecule has 2 N–H and O–H groups in total. The molecule has 4 aromatic carbocycles. The summed E-state index contributed by atoms with van der Waals surface area (Å²) in [4.78, 5) is 31.6. The molecule has 8 rings (SSSR count). The smallest absolute Gasteiger partial charge is 0.227 e. The second-order valence-electron chi connectivity index (χ2n) is 16.0. The van der Waals surface area contributed by atoms with Crippen molar-refractivity contribution in [3.8, 4) is 11.5 Å². The first-order valence-corrected chi connectivity index (χ1v) is 20.6. The maximum Gasteiger partial charge on any atom is 0.227 e. The normalized spacial score (nSPS) is 22.6. The molecule has 0 spiro atoms. The number of allylic oxidation sites excluding steroid dienone is 2. The van der Waals surface area contributed by atoms with Crippen molar-refractivity contribution in [1.82, 2.24) is 4.90 Å². The quantitative estimate of drug-likeness (QED) is 0.109. The zero-order chi connectivity index (χ0) is 39.5. The molecule has 0 radical (unpaired) electrons. The van der Waals surface area contributed by atoms with Crippen molar-refractivity contribution in [3.63, 3.8) is 0 Å². The van der Waals surface area contributed by atoms with Crippen molar-refractivity contribution in [2.24, 2.45) is 5.41 Å². The highest BCUT2D eigenvalue weighted by molar-refractivity contribution is 7.21. The Hall–Kier alpha value is -4.76. The van der Waals surface area contributed by atoms with Gasteiger partial charge in [-0.15, -0.1) is 11.3 Å². The van der Waals surface area contributed by atoms with Gasteiger partial charge in [-0.3, -0.25) is 9.59 Å². The molecule has 0 unspecified atom stereocenters. The van der Waals surface area contributed by atoms with Crippen molar-refractivity contribution in [3.05, 3.63) is 141 Å². The van der Waals surface area contributed by atoms with Crippen LogP contribution in [0.15, 0.2) is 109 Å². The van der Waals surface area contributed by atoms with Crippen LogP contribution in [-0.4, -0.2) is 59.3 Å². The van der Waals surface area contributed by atoms with E-state index in [0.717, 1.165) is 45.2 Å². The predicted octanol–water partition coefficient (Wildman–Crippen LogP) is 9.46. The van der Waals surface area contributed by atoms with Crippen LogP contribution in [0.2, 0.25) is 0 Å². The molecule has 1 amide bonds. The van der Waals surface area contributed by atoms with Crippen LogP contribution in [0.5, 0.6) is 11.5 Å². The Kier molecular flexibility index (Phi) is 11.8. The molecule has 0 saturated heterocycles. The lowest BCUT2D eigenvalue weighted by atomic mass is 9.64. The highest BCUT2D eigenvalue weighted by Crippen LogP contribution is 2.59. The second-order valence-corrected chi connectivity index (χ2v) is 17.1. The van der Waals surface area contributed by atoms with Gasteiger partial charge in [0.1, 0.15) is 0 Å². The van der Waals surface area contributed by atoms with E-state index in [4.69, 9.17) is 9.47 Å². The molecule has 1 aromatic heterocycles. The number of nitrogens with zero attached hydrogens (tertiary/aromatic N) is 1. The van der Waals surface area contributed by atoms with E-state index in [2.05, 4.69) is 32.1 Å². The monoisotopic (exact) mass is 771 g/mol. The number of fused-ring (bicyclic) bond motifs is 9. The van der Waals surface area contributed by atoms with E-state index >= 15 is 0 Å². The molecule has 3 aliphatic carbocycles. The minimum atomic E-state index is -1.26. The largest absolute Gasteiger partial charge is 0.493 e. The third-order valence-electron chi connectivity index (χ3n) is 12.4. The van der Waals surface area contributed by atoms with Gasteiger partial charge >= 0.3 is 0 Å². The lowest BCUT2D eigenvalue weighted by molar-refractivity contribution is -0.140. The van der Waals surface area contributed by atoms with Crippen molar-refractivity contribution < 1.29 is 29.3 Å². The number of amides is 1. The maximum atomic E-state index is 14.7. The van der Waals surface area contributed by atoms with Crippen LogP contribution in [0.3, 0.4) is 0 Å². The number of aliphatic hydroxyl groups is 2. The zero-order valence-electron chi connectivity index (χ0n) is 32.9. The number of hydrogen-bond acceptors (Lipinski definition) is 7. The highest BCUT2D eigenvalue weighted by Gasteiger charge is 2.57. The minimum Gasteiger partial charge on any atom is -0.493 e. The lowest BCUT2D eigenvalue weighted by Gasteiger charge is -2.46. The first kappa shape index (κ1) is 39.5. The number of carbonyl (C=O) groups excluding carboxylic acids is 2. The predicted molar refractivity (Wildman–Crippen MR) is 224 cm³/mol. The molecule has 3 aliphatic rings. The van der Waals surface area contributed by atoms with Gasteiger partial charge in [-0.05, 0) is 116 Å². The van der Waals surface area contributed by atoms with Gasteiger partial charge in [0.2, 0.25) is 11.7 Å². The molecule has 1 fully saturated rings. The summed E-state index contributed by atoms with van der Waals surface area (Å²) in [5.41, 5.74) is 3.52. The standard InChI is InChI=1S/C48H53NO6S/c1-32-11-10-23-47(2)40(38-20-17-34(25-37(50)19-16-32)26-39(38)46(52)44-29-36-14-8-9-15-43(36)56-44)22-24-48(47,53)31-49(30-33-12-6-5-7-13-33)45(51)28-35-18-21-41(54-3)42(27-35)55-4/h5-9,11-15,17-18,20-21,26-27,29,37,40,50,53H,10,16,19,22-25,28,30-31H2,1-4H3/t37-,40-,47-,48+/m0/s1. The van der Waals surface area contributed by atoms with Crippen molar-refractivity contribution in [2.75, 3.05) is 20.8 Å². The second kappa shape index (κ2) is 16.8. The molecule has 56 heavy (non-hydrogen) atoms. The first-order chi connectivity index (χ1) is 27.0. The lowest BCUT2D eigenvalue weighted by Crippen LogP contribution is -2.53. The van der Waals surface area contributed by atoms with Gasteiger partial charge in [0.15, 0.2) is 11.5 Å². The number of carbonyl (C=O) groups is 2. The summed E-state index contributed by atoms with van der Waals surface area (Å²) < 4.78 is 12.0. The Bertz CT molecular complexity index is 2190. The molecule has 2 bridgehead atoms. The number of thiophene rings is 1. The van der Waals surface area contributed by atoms with E-state index < -0.39 is 17.1 Å². The Morgan fingerprint density at radius 2 is 1.64 bits per heavy atom. The van der Waals surface area contributed by atoms with Gasteiger partial charge in [0.05, 0.1) is 43.8 Å². The number of methoxy groups -OCH3 is 2. The van der Waals surface area contributed by atoms with Crippen molar-refractivity contribution >= 4 is 33.1 Å². The van der Waals surface area contributed by atoms with Gasteiger partial charge in [-0.25, -0.2) is 0 Å². The van der Waals surface area contributed by atoms with Crippen LogP contribution >= 0.6 is 11.3 Å². The van der Waals surface area contributed by atoms with Gasteiger partial charge in [-0.2, -0.15) is 0 Å². The molecular weight excluding hydrogens is 719 g/mol. The summed E-state index contributed by atoms with van der Waals surface area (Å²) in [6, 6.07) is 31.6. The van der Waals surface area contributed by atoms with E-state index in [1.807, 2.05) is 89.8 Å². The fraction of sp³-hybridized carbons (Fsp3) is 0.375. The highest BCUT2D eigenvalue weighted by atomic mass is 32.1. The van der Waals surface area contributed by atoms with Crippen LogP contribution in [0, 0.1) is 5.41 Å². The Labute approximate surface area is 334 Å². The summed E-state index contributed by atoms with van der Waals surface area (Å²) in [6.45, 7) is 4.78. The van der Waals surface area contributed by atoms with E-state index in [-0.39, 0.29) is 30.6 Å². The summed E-state index contributed by atoms with van der Waals surface area (Å²) in [6.07, 6.45) is 6.24. The van der Waals surface area contributed by atoms with Crippen LogP contribution < -0.4 is 9.47 Å². The number of ether oxygens (including phenoxy) is 2. The first-order valence-electron chi connectivity index (χ1n) is 19.7. The molecule has 8 heteroatoms. The summed E-state index contributed by atoms with van der Waals surface area (Å²) >= 11 is 1.50. The zero-order valence-corrected chi connectivity index (χ0v) is 33.7. The van der Waals surface area contributed by atoms with E-state index in [0.29, 0.717) is 60.6 Å². The minimum absolute atomic E-state index is 0.0334. The molecule has 292 valence electrons. The molecular formula is C48H53NO6S. The summed E-state index contributed by atoms with van der Waals surface area (Å²) in [5, 5.41) is 25.3. The summed E-state index contributed by atoms with van der Waals surface area (Å²) in [5.74, 6) is 0.866. The van der Waals surface area contributed by atoms with Crippen LogP contribution in [-0.2, 0) is 24.2 Å². The number of rotatable bonds is 10. The van der Waals surface area contributed by atoms with E-state index in [9.17, 15) is 19.8 Å². The average Bonchev–Trinajstić information content (AvgIpc) is 3.75. The van der Waals surface area contributed by atoms with Crippen LogP contribution in [0.1, 0.15) is 95.8 Å². The van der Waals surface area contributed by atoms with Crippen molar-refractivity contribution in [2.45, 2.75) is 89.4 Å². The van der Waals surface area contributed by atoms with Gasteiger partial charge in [0.25, 0.3) is 0 Å². The van der Waals surface area contributed by atoms with Gasteiger partial charge in [-0.1, -0.05) is 85.3 Å². The Morgan fingerprint density at radius 3 is 2.41 bits per heavy atom. The van der Waals surface area contributed by atoms with Crippen LogP contribution in [0.25, 0.3) is 10.1 Å². The fourth-order valence-corrected chi connectivity index (χ4v) is 10.1. The molecule has 1 saturated carbocycles. The molecule has 5 aromatic rings. The summed E-state index contributed by atoms with van der Waals surface area (Å²) in [7, 11) is 3.17. The SMILES string of the molecule is COc1ccc(CC(=O)N(Cc2ccccc2)C[C@]2(O)CC[C@H]3c4ccc(cc4C(=O)c4cc5ccccc5s4)C[C@@H](O)CCC(C)=CCC[C@@]32C)cc1OC. The molecule has 7 nitrogen and oxygen atoms in total. The number of ketones is 1. The molecule has 4 atom stereocenters. The fourth-order valence-electron chi connectivity index (χ4n) is 9.05. The van der Waals surface area contributed by atoms with Gasteiger partial charge in [0, 0.05) is 22.2 Å². The van der Waals surface area contributed by atoms with E-state index in [1.165, 1.54) is 16.9 Å².